The summed E-state index contributed by atoms with van der Waals surface area (Å²) in [5, 5.41) is 10.1. The van der Waals surface area contributed by atoms with E-state index in [9.17, 15) is 4.79 Å². The van der Waals surface area contributed by atoms with E-state index in [-0.39, 0.29) is 5.91 Å². The van der Waals surface area contributed by atoms with Crippen LogP contribution in [0.15, 0.2) is 39.4 Å². The van der Waals surface area contributed by atoms with E-state index in [4.69, 9.17) is 9.05 Å². The smallest absolute Gasteiger partial charge is 0.257 e. The fourth-order valence-electron chi connectivity index (χ4n) is 1.79. The van der Waals surface area contributed by atoms with Crippen LogP contribution in [-0.2, 0) is 0 Å². The highest BCUT2D eigenvalue weighted by atomic mass is 16.5. The molecule has 21 heavy (non-hydrogen) atoms. The zero-order valence-electron chi connectivity index (χ0n) is 11.5. The number of hydrogen-bond acceptors (Lipinski definition) is 6. The molecule has 0 fully saturated rings. The highest BCUT2D eigenvalue weighted by Crippen LogP contribution is 2.18. The number of carbonyl (C=O) groups is 1. The number of nitrogens with zero attached hydrogens (tertiary/aromatic N) is 3. The molecule has 0 spiro atoms. The van der Waals surface area contributed by atoms with Gasteiger partial charge in [0.1, 0.15) is 5.76 Å². The summed E-state index contributed by atoms with van der Waals surface area (Å²) in [7, 11) is 0. The number of amides is 1. The first-order chi connectivity index (χ1) is 10.1. The number of rotatable bonds is 3. The first kappa shape index (κ1) is 13.0. The van der Waals surface area contributed by atoms with E-state index < -0.39 is 0 Å². The molecule has 0 radical (unpaired) electrons. The zero-order chi connectivity index (χ0) is 14.8. The largest absolute Gasteiger partial charge is 0.360 e. The molecular formula is C14H12N4O3. The van der Waals surface area contributed by atoms with Gasteiger partial charge in [0.15, 0.2) is 11.6 Å². The molecule has 0 saturated heterocycles. The van der Waals surface area contributed by atoms with Crippen molar-refractivity contribution >= 4 is 11.7 Å². The van der Waals surface area contributed by atoms with Crippen molar-refractivity contribution < 1.29 is 13.8 Å². The van der Waals surface area contributed by atoms with Crippen LogP contribution in [0.5, 0.6) is 0 Å². The predicted octanol–water partition coefficient (Wildman–Crippen LogP) is 2.59. The standard InChI is InChI=1S/C14H12N4O3/c1-8-7-12(18-20-8)16-13(19)10-3-5-11(6-4-10)14-15-9(2)17-21-14/h3-7H,1-2H3,(H,16,18,19). The van der Waals surface area contributed by atoms with Crippen molar-refractivity contribution in [3.63, 3.8) is 0 Å². The van der Waals surface area contributed by atoms with Gasteiger partial charge >= 0.3 is 0 Å². The van der Waals surface area contributed by atoms with Gasteiger partial charge in [-0.15, -0.1) is 0 Å². The number of hydrogen-bond donors (Lipinski definition) is 1. The third-order valence-electron chi connectivity index (χ3n) is 2.79. The van der Waals surface area contributed by atoms with Crippen LogP contribution >= 0.6 is 0 Å². The number of carbonyl (C=O) groups excluding carboxylic acids is 1. The Bertz CT molecular complexity index is 774. The molecule has 0 unspecified atom stereocenters. The average molecular weight is 284 g/mol. The van der Waals surface area contributed by atoms with Crippen molar-refractivity contribution in [3.05, 3.63) is 47.5 Å². The van der Waals surface area contributed by atoms with E-state index in [0.29, 0.717) is 28.9 Å². The summed E-state index contributed by atoms with van der Waals surface area (Å²) in [5.74, 6) is 1.73. The highest BCUT2D eigenvalue weighted by molar-refractivity contribution is 6.03. The topological polar surface area (TPSA) is 94.1 Å². The minimum Gasteiger partial charge on any atom is -0.360 e. The monoisotopic (exact) mass is 284 g/mol. The van der Waals surface area contributed by atoms with E-state index in [1.807, 2.05) is 0 Å². The van der Waals surface area contributed by atoms with E-state index in [1.165, 1.54) is 0 Å². The molecule has 106 valence electrons. The molecule has 1 N–H and O–H groups in total. The van der Waals surface area contributed by atoms with E-state index in [0.717, 1.165) is 5.56 Å². The minimum absolute atomic E-state index is 0.267. The Hall–Kier alpha value is -2.96. The third kappa shape index (κ3) is 2.81. The Morgan fingerprint density at radius 2 is 1.86 bits per heavy atom. The summed E-state index contributed by atoms with van der Waals surface area (Å²) in [4.78, 5) is 16.2. The molecule has 0 saturated carbocycles. The second kappa shape index (κ2) is 5.20. The summed E-state index contributed by atoms with van der Waals surface area (Å²) in [5.41, 5.74) is 1.25. The van der Waals surface area contributed by atoms with Gasteiger partial charge in [-0.3, -0.25) is 4.79 Å². The first-order valence-corrected chi connectivity index (χ1v) is 6.27. The molecule has 0 aliphatic heterocycles. The van der Waals surface area contributed by atoms with E-state index >= 15 is 0 Å². The van der Waals surface area contributed by atoms with Crippen LogP contribution in [0.1, 0.15) is 21.9 Å². The molecule has 1 amide bonds. The zero-order valence-corrected chi connectivity index (χ0v) is 11.5. The molecule has 0 bridgehead atoms. The molecule has 0 atom stereocenters. The molecule has 2 aromatic heterocycles. The summed E-state index contributed by atoms with van der Waals surface area (Å²) < 4.78 is 9.95. The van der Waals surface area contributed by atoms with E-state index in [2.05, 4.69) is 20.6 Å². The second-order valence-corrected chi connectivity index (χ2v) is 4.50. The van der Waals surface area contributed by atoms with Crippen molar-refractivity contribution in [1.29, 1.82) is 0 Å². The molecule has 0 aliphatic rings. The van der Waals surface area contributed by atoms with Crippen molar-refractivity contribution in [2.45, 2.75) is 13.8 Å². The van der Waals surface area contributed by atoms with Gasteiger partial charge in [-0.1, -0.05) is 10.3 Å². The van der Waals surface area contributed by atoms with Gasteiger partial charge in [-0.2, -0.15) is 4.98 Å². The predicted molar refractivity (Wildman–Crippen MR) is 73.7 cm³/mol. The maximum Gasteiger partial charge on any atom is 0.257 e. The van der Waals surface area contributed by atoms with Gasteiger partial charge in [0.05, 0.1) is 0 Å². The molecule has 0 aliphatic carbocycles. The average Bonchev–Trinajstić information content (AvgIpc) is 3.08. The van der Waals surface area contributed by atoms with Gasteiger partial charge in [-0.05, 0) is 38.1 Å². The van der Waals surface area contributed by atoms with Crippen molar-refractivity contribution in [2.24, 2.45) is 0 Å². The Labute approximate surface area is 120 Å². The number of benzene rings is 1. The van der Waals surface area contributed by atoms with Crippen LogP contribution in [-0.4, -0.2) is 21.2 Å². The van der Waals surface area contributed by atoms with Gasteiger partial charge in [0, 0.05) is 17.2 Å². The Morgan fingerprint density at radius 1 is 1.10 bits per heavy atom. The molecule has 1 aromatic carbocycles. The van der Waals surface area contributed by atoms with Crippen LogP contribution in [0.25, 0.3) is 11.5 Å². The van der Waals surface area contributed by atoms with Crippen LogP contribution in [0.2, 0.25) is 0 Å². The van der Waals surface area contributed by atoms with Crippen molar-refractivity contribution in [2.75, 3.05) is 5.32 Å². The fourth-order valence-corrected chi connectivity index (χ4v) is 1.79. The number of anilines is 1. The van der Waals surface area contributed by atoms with Gasteiger partial charge in [0.2, 0.25) is 0 Å². The SMILES string of the molecule is Cc1noc(-c2ccc(C(=O)Nc3cc(C)on3)cc2)n1. The van der Waals surface area contributed by atoms with Crippen molar-refractivity contribution in [3.8, 4) is 11.5 Å². The van der Waals surface area contributed by atoms with Gasteiger partial charge in [0.25, 0.3) is 11.8 Å². The van der Waals surface area contributed by atoms with Crippen LogP contribution in [0, 0.1) is 13.8 Å². The molecule has 2 heterocycles. The summed E-state index contributed by atoms with van der Waals surface area (Å²) in [6, 6.07) is 8.49. The normalized spacial score (nSPS) is 10.6. The Balaban J connectivity index is 1.76. The second-order valence-electron chi connectivity index (χ2n) is 4.50. The Morgan fingerprint density at radius 3 is 2.43 bits per heavy atom. The molecular weight excluding hydrogens is 272 g/mol. The summed E-state index contributed by atoms with van der Waals surface area (Å²) in [6.45, 7) is 3.50. The van der Waals surface area contributed by atoms with Gasteiger partial charge in [-0.25, -0.2) is 0 Å². The number of nitrogens with one attached hydrogen (secondary N) is 1. The Kier molecular flexibility index (Phi) is 3.23. The maximum atomic E-state index is 12.0. The first-order valence-electron chi connectivity index (χ1n) is 6.27. The lowest BCUT2D eigenvalue weighted by Gasteiger charge is -2.01. The molecule has 3 aromatic rings. The summed E-state index contributed by atoms with van der Waals surface area (Å²) in [6.07, 6.45) is 0. The lowest BCUT2D eigenvalue weighted by atomic mass is 10.1. The fraction of sp³-hybridized carbons (Fsp3) is 0.143. The number of aromatic nitrogens is 3. The third-order valence-corrected chi connectivity index (χ3v) is 2.79. The lowest BCUT2D eigenvalue weighted by Crippen LogP contribution is -2.11. The van der Waals surface area contributed by atoms with E-state index in [1.54, 1.807) is 44.2 Å². The van der Waals surface area contributed by atoms with Crippen LogP contribution in [0.3, 0.4) is 0 Å². The molecule has 3 rings (SSSR count). The van der Waals surface area contributed by atoms with Gasteiger partial charge < -0.3 is 14.4 Å². The number of aryl methyl sites for hydroxylation is 2. The molecule has 7 heteroatoms. The van der Waals surface area contributed by atoms with Crippen LogP contribution in [0.4, 0.5) is 5.82 Å². The lowest BCUT2D eigenvalue weighted by molar-refractivity contribution is 0.102. The quantitative estimate of drug-likeness (QED) is 0.794. The maximum absolute atomic E-state index is 12.0. The van der Waals surface area contributed by atoms with Crippen molar-refractivity contribution in [1.82, 2.24) is 15.3 Å². The molecule has 7 nitrogen and oxygen atoms in total. The highest BCUT2D eigenvalue weighted by Gasteiger charge is 2.11. The minimum atomic E-state index is -0.267. The summed E-state index contributed by atoms with van der Waals surface area (Å²) >= 11 is 0. The van der Waals surface area contributed by atoms with Crippen LogP contribution < -0.4 is 5.32 Å².